The predicted octanol–water partition coefficient (Wildman–Crippen LogP) is 7.73. The Morgan fingerprint density at radius 3 is 2.68 bits per heavy atom. The quantitative estimate of drug-likeness (QED) is 0.165. The van der Waals surface area contributed by atoms with Crippen LogP contribution >= 0.6 is 11.6 Å². The van der Waals surface area contributed by atoms with Crippen molar-refractivity contribution in [3.05, 3.63) is 101 Å². The van der Waals surface area contributed by atoms with Gasteiger partial charge in [-0.3, -0.25) is 0 Å². The van der Waals surface area contributed by atoms with Crippen molar-refractivity contribution in [1.82, 2.24) is 9.55 Å². The van der Waals surface area contributed by atoms with E-state index in [0.717, 1.165) is 64.8 Å². The molecule has 4 aromatic rings. The maximum Gasteiger partial charge on any atom is 0.153 e. The summed E-state index contributed by atoms with van der Waals surface area (Å²) < 4.78 is 14.6. The van der Waals surface area contributed by atoms with Crippen LogP contribution in [0.25, 0.3) is 11.0 Å². The zero-order valence-corrected chi connectivity index (χ0v) is 20.6. The first kappa shape index (κ1) is 23.9. The molecule has 0 spiro atoms. The van der Waals surface area contributed by atoms with E-state index < -0.39 is 0 Å². The van der Waals surface area contributed by atoms with Gasteiger partial charge in [0.1, 0.15) is 11.5 Å². The van der Waals surface area contributed by atoms with Gasteiger partial charge in [0.15, 0.2) is 11.9 Å². The molecule has 0 N–H and O–H groups in total. The van der Waals surface area contributed by atoms with Crippen LogP contribution in [0.15, 0.2) is 79.4 Å². The predicted molar refractivity (Wildman–Crippen MR) is 140 cm³/mol. The molecule has 0 aliphatic carbocycles. The number of fused-ring (bicyclic) bond motifs is 1. The Morgan fingerprint density at radius 1 is 1.06 bits per heavy atom. The highest BCUT2D eigenvalue weighted by Crippen LogP contribution is 2.28. The molecule has 0 amide bonds. The zero-order valence-electron chi connectivity index (χ0n) is 19.8. The van der Waals surface area contributed by atoms with Crippen molar-refractivity contribution in [2.24, 2.45) is 0 Å². The monoisotopic (exact) mass is 474 g/mol. The standard InChI is InChI=1S/C29H31ClN2O2/c1-4-11-23-12-5-8-15-28(23)33-19-10-9-18-32-27-14-7-6-13-26(27)31-29(32)22(3)34-24-16-17-25(30)21(2)20-24/h4-8,12-17,20,22H,1,9-11,18-19H2,2-3H3. The molecule has 0 aliphatic heterocycles. The van der Waals surface area contributed by atoms with Crippen LogP contribution in [0.3, 0.4) is 0 Å². The van der Waals surface area contributed by atoms with E-state index in [2.05, 4.69) is 29.3 Å². The molecule has 4 nitrogen and oxygen atoms in total. The van der Waals surface area contributed by atoms with Crippen LogP contribution in [0.1, 0.15) is 42.8 Å². The molecule has 0 fully saturated rings. The molecule has 34 heavy (non-hydrogen) atoms. The summed E-state index contributed by atoms with van der Waals surface area (Å²) in [6.07, 6.45) is 4.44. The Balaban J connectivity index is 1.43. The summed E-state index contributed by atoms with van der Waals surface area (Å²) >= 11 is 6.17. The normalized spacial score (nSPS) is 12.0. The van der Waals surface area contributed by atoms with Gasteiger partial charge < -0.3 is 14.0 Å². The van der Waals surface area contributed by atoms with Gasteiger partial charge >= 0.3 is 0 Å². The number of para-hydroxylation sites is 3. The maximum atomic E-state index is 6.25. The molecular formula is C29H31ClN2O2. The number of rotatable bonds is 11. The topological polar surface area (TPSA) is 36.3 Å². The summed E-state index contributed by atoms with van der Waals surface area (Å²) in [4.78, 5) is 4.90. The van der Waals surface area contributed by atoms with E-state index in [1.54, 1.807) is 0 Å². The van der Waals surface area contributed by atoms with Crippen molar-refractivity contribution >= 4 is 22.6 Å². The molecule has 0 aliphatic rings. The van der Waals surface area contributed by atoms with Gasteiger partial charge in [-0.1, -0.05) is 48.0 Å². The molecule has 176 valence electrons. The highest BCUT2D eigenvalue weighted by Gasteiger charge is 2.18. The van der Waals surface area contributed by atoms with Crippen LogP contribution in [0, 0.1) is 6.92 Å². The van der Waals surface area contributed by atoms with Gasteiger partial charge in [-0.25, -0.2) is 4.98 Å². The fourth-order valence-corrected chi connectivity index (χ4v) is 4.23. The SMILES string of the molecule is C=CCc1ccccc1OCCCCn1c(C(C)Oc2ccc(Cl)c(C)c2)nc2ccccc21. The average Bonchev–Trinajstić information content (AvgIpc) is 3.21. The maximum absolute atomic E-state index is 6.25. The molecule has 4 rings (SSSR count). The van der Waals surface area contributed by atoms with Crippen molar-refractivity contribution in [1.29, 1.82) is 0 Å². The molecular weight excluding hydrogens is 444 g/mol. The number of ether oxygens (including phenoxy) is 2. The third-order valence-electron chi connectivity index (χ3n) is 5.86. The fourth-order valence-electron chi connectivity index (χ4n) is 4.11. The minimum atomic E-state index is -0.199. The molecule has 1 unspecified atom stereocenters. The number of hydrogen-bond donors (Lipinski definition) is 0. The van der Waals surface area contributed by atoms with Crippen molar-refractivity contribution < 1.29 is 9.47 Å². The Hall–Kier alpha value is -3.24. The first-order valence-corrected chi connectivity index (χ1v) is 12.1. The Bertz CT molecular complexity index is 1260. The lowest BCUT2D eigenvalue weighted by atomic mass is 10.1. The number of halogens is 1. The molecule has 5 heteroatoms. The van der Waals surface area contributed by atoms with Crippen LogP contribution in [0.5, 0.6) is 11.5 Å². The summed E-state index contributed by atoms with van der Waals surface area (Å²) in [5.74, 6) is 2.65. The molecule has 0 saturated heterocycles. The van der Waals surface area contributed by atoms with Crippen LogP contribution in [0.4, 0.5) is 0 Å². The number of aromatic nitrogens is 2. The molecule has 0 saturated carbocycles. The van der Waals surface area contributed by atoms with Gasteiger partial charge in [0.05, 0.1) is 17.6 Å². The first-order chi connectivity index (χ1) is 16.6. The lowest BCUT2D eigenvalue weighted by Crippen LogP contribution is -2.13. The highest BCUT2D eigenvalue weighted by atomic mass is 35.5. The van der Waals surface area contributed by atoms with Gasteiger partial charge in [0.2, 0.25) is 0 Å². The van der Waals surface area contributed by atoms with Gasteiger partial charge in [-0.05, 0) is 80.6 Å². The van der Waals surface area contributed by atoms with Crippen LogP contribution in [-0.2, 0) is 13.0 Å². The summed E-state index contributed by atoms with van der Waals surface area (Å²) in [6.45, 7) is 9.38. The van der Waals surface area contributed by atoms with Gasteiger partial charge in [0.25, 0.3) is 0 Å². The van der Waals surface area contributed by atoms with Crippen LogP contribution < -0.4 is 9.47 Å². The second-order valence-corrected chi connectivity index (χ2v) is 8.84. The van der Waals surface area contributed by atoms with E-state index in [0.29, 0.717) is 6.61 Å². The lowest BCUT2D eigenvalue weighted by Gasteiger charge is -2.17. The Kier molecular flexibility index (Phi) is 7.91. The van der Waals surface area contributed by atoms with Gasteiger partial charge in [-0.2, -0.15) is 0 Å². The summed E-state index contributed by atoms with van der Waals surface area (Å²) in [7, 11) is 0. The van der Waals surface area contributed by atoms with E-state index in [9.17, 15) is 0 Å². The smallest absolute Gasteiger partial charge is 0.153 e. The summed E-state index contributed by atoms with van der Waals surface area (Å²) in [6, 6.07) is 22.1. The molecule has 1 heterocycles. The van der Waals surface area contributed by atoms with Crippen LogP contribution in [0.2, 0.25) is 5.02 Å². The average molecular weight is 475 g/mol. The number of hydrogen-bond acceptors (Lipinski definition) is 3. The minimum Gasteiger partial charge on any atom is -0.493 e. The fraction of sp³-hybridized carbons (Fsp3) is 0.276. The number of nitrogens with zero attached hydrogens (tertiary/aromatic N) is 2. The summed E-state index contributed by atoms with van der Waals surface area (Å²) in [5, 5.41) is 0.738. The molecule has 0 radical (unpaired) electrons. The molecule has 1 atom stereocenters. The third kappa shape index (κ3) is 5.63. The van der Waals surface area contributed by atoms with E-state index >= 15 is 0 Å². The first-order valence-electron chi connectivity index (χ1n) is 11.8. The van der Waals surface area contributed by atoms with E-state index in [-0.39, 0.29) is 6.10 Å². The largest absolute Gasteiger partial charge is 0.493 e. The van der Waals surface area contributed by atoms with E-state index in [1.165, 1.54) is 5.56 Å². The van der Waals surface area contributed by atoms with Gasteiger partial charge in [0, 0.05) is 11.6 Å². The number of unbranched alkanes of at least 4 members (excludes halogenated alkanes) is 1. The third-order valence-corrected chi connectivity index (χ3v) is 6.28. The van der Waals surface area contributed by atoms with Crippen molar-refractivity contribution in [2.45, 2.75) is 45.8 Å². The summed E-state index contributed by atoms with van der Waals surface area (Å²) in [5.41, 5.74) is 4.27. The van der Waals surface area contributed by atoms with E-state index in [4.69, 9.17) is 26.1 Å². The Labute approximate surface area is 206 Å². The van der Waals surface area contributed by atoms with Crippen LogP contribution in [-0.4, -0.2) is 16.2 Å². The molecule has 3 aromatic carbocycles. The van der Waals surface area contributed by atoms with Gasteiger partial charge in [-0.15, -0.1) is 6.58 Å². The van der Waals surface area contributed by atoms with Crippen molar-refractivity contribution in [3.63, 3.8) is 0 Å². The minimum absolute atomic E-state index is 0.199. The second-order valence-electron chi connectivity index (χ2n) is 8.44. The molecule has 1 aromatic heterocycles. The Morgan fingerprint density at radius 2 is 1.85 bits per heavy atom. The molecule has 0 bridgehead atoms. The second kappa shape index (κ2) is 11.3. The number of benzene rings is 3. The van der Waals surface area contributed by atoms with E-state index in [1.807, 2.05) is 68.5 Å². The van der Waals surface area contributed by atoms with Crippen molar-refractivity contribution in [2.75, 3.05) is 6.61 Å². The zero-order chi connectivity index (χ0) is 23.9. The van der Waals surface area contributed by atoms with Crippen molar-refractivity contribution in [3.8, 4) is 11.5 Å². The lowest BCUT2D eigenvalue weighted by molar-refractivity contribution is 0.210. The number of allylic oxidation sites excluding steroid dienone is 1. The number of imidazole rings is 1. The number of aryl methyl sites for hydroxylation is 2. The highest BCUT2D eigenvalue weighted by molar-refractivity contribution is 6.31.